The number of piperidine rings is 1. The van der Waals surface area contributed by atoms with Crippen LogP contribution < -0.4 is 10.2 Å². The maximum absolute atomic E-state index is 13.6. The van der Waals surface area contributed by atoms with Crippen molar-refractivity contribution in [2.75, 3.05) is 18.0 Å². The first-order chi connectivity index (χ1) is 10.7. The van der Waals surface area contributed by atoms with Gasteiger partial charge in [0.15, 0.2) is 0 Å². The minimum atomic E-state index is -0.408. The Bertz CT molecular complexity index is 613. The molecule has 3 rings (SSSR count). The van der Waals surface area contributed by atoms with E-state index in [4.69, 9.17) is 0 Å². The normalized spacial score (nSPS) is 16.0. The zero-order valence-electron chi connectivity index (χ0n) is 12.2. The molecule has 0 amide bonds. The number of nitrogens with zero attached hydrogens (tertiary/aromatic N) is 3. The summed E-state index contributed by atoms with van der Waals surface area (Å²) in [6.07, 6.45) is 5.32. The van der Waals surface area contributed by atoms with Crippen LogP contribution in [0.2, 0.25) is 0 Å². The Kier molecular flexibility index (Phi) is 4.58. The third kappa shape index (κ3) is 3.57. The van der Waals surface area contributed by atoms with Crippen LogP contribution in [0.1, 0.15) is 18.4 Å². The van der Waals surface area contributed by atoms with Crippen LogP contribution >= 0.6 is 0 Å². The molecule has 0 radical (unpaired) electrons. The monoisotopic (exact) mass is 304 g/mol. The molecular formula is C16H18F2N4. The average Bonchev–Trinajstić information content (AvgIpc) is 2.57. The summed E-state index contributed by atoms with van der Waals surface area (Å²) in [4.78, 5) is 10.6. The Hall–Kier alpha value is -2.08. The van der Waals surface area contributed by atoms with Crippen LogP contribution in [-0.2, 0) is 6.54 Å². The molecule has 0 unspecified atom stereocenters. The van der Waals surface area contributed by atoms with Crippen LogP contribution in [0.4, 0.5) is 14.7 Å². The highest BCUT2D eigenvalue weighted by Crippen LogP contribution is 2.16. The van der Waals surface area contributed by atoms with Crippen LogP contribution in [-0.4, -0.2) is 29.1 Å². The van der Waals surface area contributed by atoms with Gasteiger partial charge in [-0.3, -0.25) is 0 Å². The van der Waals surface area contributed by atoms with Gasteiger partial charge in [-0.25, -0.2) is 18.7 Å². The Labute approximate surface area is 128 Å². The van der Waals surface area contributed by atoms with Gasteiger partial charge in [0.1, 0.15) is 11.6 Å². The number of hydrogen-bond donors (Lipinski definition) is 1. The highest BCUT2D eigenvalue weighted by atomic mass is 19.1. The maximum Gasteiger partial charge on any atom is 0.225 e. The van der Waals surface area contributed by atoms with E-state index in [-0.39, 0.29) is 5.82 Å². The number of anilines is 1. The standard InChI is InChI=1S/C16H18F2N4/c17-13-2-3-15(18)12(10-13)11-21-14-4-8-22(9-5-14)16-19-6-1-7-20-16/h1-3,6-7,10,14,21H,4-5,8-9,11H2. The second-order valence-electron chi connectivity index (χ2n) is 5.43. The highest BCUT2D eigenvalue weighted by Gasteiger charge is 2.20. The molecule has 0 atom stereocenters. The molecule has 116 valence electrons. The van der Waals surface area contributed by atoms with E-state index in [9.17, 15) is 8.78 Å². The molecule has 0 bridgehead atoms. The first kappa shape index (κ1) is 14.8. The first-order valence-corrected chi connectivity index (χ1v) is 7.41. The van der Waals surface area contributed by atoms with Gasteiger partial charge in [0.05, 0.1) is 0 Å². The SMILES string of the molecule is Fc1ccc(F)c(CNC2CCN(c3ncccn3)CC2)c1. The molecule has 1 aliphatic rings. The minimum Gasteiger partial charge on any atom is -0.341 e. The Morgan fingerprint density at radius 1 is 1.14 bits per heavy atom. The molecule has 0 saturated carbocycles. The summed E-state index contributed by atoms with van der Waals surface area (Å²) < 4.78 is 26.7. The summed E-state index contributed by atoms with van der Waals surface area (Å²) in [6.45, 7) is 2.05. The van der Waals surface area contributed by atoms with Crippen LogP contribution in [0.15, 0.2) is 36.7 Å². The number of aromatic nitrogens is 2. The van der Waals surface area contributed by atoms with E-state index in [1.165, 1.54) is 12.1 Å². The van der Waals surface area contributed by atoms with Gasteiger partial charge >= 0.3 is 0 Å². The summed E-state index contributed by atoms with van der Waals surface area (Å²) in [5.41, 5.74) is 0.369. The lowest BCUT2D eigenvalue weighted by atomic mass is 10.0. The van der Waals surface area contributed by atoms with E-state index in [2.05, 4.69) is 20.2 Å². The summed E-state index contributed by atoms with van der Waals surface area (Å²) in [5, 5.41) is 3.30. The van der Waals surface area contributed by atoms with Crippen molar-refractivity contribution in [3.05, 3.63) is 53.9 Å². The molecule has 0 aliphatic carbocycles. The smallest absolute Gasteiger partial charge is 0.225 e. The molecule has 22 heavy (non-hydrogen) atoms. The number of halogens is 2. The molecular weight excluding hydrogens is 286 g/mol. The van der Waals surface area contributed by atoms with Crippen molar-refractivity contribution in [1.29, 1.82) is 0 Å². The van der Waals surface area contributed by atoms with Crippen molar-refractivity contribution in [3.8, 4) is 0 Å². The van der Waals surface area contributed by atoms with Crippen molar-refractivity contribution in [1.82, 2.24) is 15.3 Å². The lowest BCUT2D eigenvalue weighted by Gasteiger charge is -2.32. The predicted octanol–water partition coefficient (Wildman–Crippen LogP) is 2.51. The summed E-state index contributed by atoms with van der Waals surface area (Å²) in [7, 11) is 0. The number of nitrogens with one attached hydrogen (secondary N) is 1. The second-order valence-corrected chi connectivity index (χ2v) is 5.43. The molecule has 1 fully saturated rings. The van der Waals surface area contributed by atoms with E-state index in [0.717, 1.165) is 37.9 Å². The second kappa shape index (κ2) is 6.79. The van der Waals surface area contributed by atoms with Crippen LogP contribution in [0.3, 0.4) is 0 Å². The van der Waals surface area contributed by atoms with Crippen molar-refractivity contribution in [3.63, 3.8) is 0 Å². The summed E-state index contributed by atoms with van der Waals surface area (Å²) >= 11 is 0. The molecule has 1 saturated heterocycles. The third-order valence-electron chi connectivity index (χ3n) is 3.92. The van der Waals surface area contributed by atoms with Crippen molar-refractivity contribution >= 4 is 5.95 Å². The molecule has 6 heteroatoms. The predicted molar refractivity (Wildman–Crippen MR) is 80.5 cm³/mol. The van der Waals surface area contributed by atoms with Gasteiger partial charge < -0.3 is 10.2 Å². The van der Waals surface area contributed by atoms with Gasteiger partial charge in [0.2, 0.25) is 5.95 Å². The maximum atomic E-state index is 13.6. The molecule has 1 N–H and O–H groups in total. The molecule has 2 aromatic rings. The molecule has 1 aromatic carbocycles. The number of hydrogen-bond acceptors (Lipinski definition) is 4. The van der Waals surface area contributed by atoms with E-state index < -0.39 is 5.82 Å². The summed E-state index contributed by atoms with van der Waals surface area (Å²) in [6, 6.07) is 5.64. The Morgan fingerprint density at radius 3 is 2.59 bits per heavy atom. The van der Waals surface area contributed by atoms with Gasteiger partial charge in [0.25, 0.3) is 0 Å². The quantitative estimate of drug-likeness (QED) is 0.942. The topological polar surface area (TPSA) is 41.0 Å². The van der Waals surface area contributed by atoms with Gasteiger partial charge in [-0.05, 0) is 37.1 Å². The van der Waals surface area contributed by atoms with Crippen LogP contribution in [0, 0.1) is 11.6 Å². The molecule has 0 spiro atoms. The fraction of sp³-hybridized carbons (Fsp3) is 0.375. The molecule has 2 heterocycles. The third-order valence-corrected chi connectivity index (χ3v) is 3.92. The highest BCUT2D eigenvalue weighted by molar-refractivity contribution is 5.29. The van der Waals surface area contributed by atoms with E-state index >= 15 is 0 Å². The lowest BCUT2D eigenvalue weighted by Crippen LogP contribution is -2.43. The van der Waals surface area contributed by atoms with E-state index in [0.29, 0.717) is 18.2 Å². The van der Waals surface area contributed by atoms with Gasteiger partial charge in [-0.1, -0.05) is 0 Å². The first-order valence-electron chi connectivity index (χ1n) is 7.41. The fourth-order valence-corrected chi connectivity index (χ4v) is 2.67. The van der Waals surface area contributed by atoms with E-state index in [1.807, 2.05) is 0 Å². The lowest BCUT2D eigenvalue weighted by molar-refractivity contribution is 0.407. The zero-order valence-corrected chi connectivity index (χ0v) is 12.2. The fourth-order valence-electron chi connectivity index (χ4n) is 2.67. The number of rotatable bonds is 4. The Balaban J connectivity index is 1.51. The van der Waals surface area contributed by atoms with Crippen molar-refractivity contribution < 1.29 is 8.78 Å². The molecule has 1 aromatic heterocycles. The minimum absolute atomic E-state index is 0.294. The van der Waals surface area contributed by atoms with Crippen LogP contribution in [0.25, 0.3) is 0 Å². The van der Waals surface area contributed by atoms with Crippen molar-refractivity contribution in [2.24, 2.45) is 0 Å². The van der Waals surface area contributed by atoms with Gasteiger partial charge in [-0.2, -0.15) is 0 Å². The van der Waals surface area contributed by atoms with Gasteiger partial charge in [0, 0.05) is 43.6 Å². The van der Waals surface area contributed by atoms with Gasteiger partial charge in [-0.15, -0.1) is 0 Å². The zero-order chi connectivity index (χ0) is 15.4. The largest absolute Gasteiger partial charge is 0.341 e. The summed E-state index contributed by atoms with van der Waals surface area (Å²) in [5.74, 6) is -0.0320. The average molecular weight is 304 g/mol. The van der Waals surface area contributed by atoms with E-state index in [1.54, 1.807) is 18.5 Å². The Morgan fingerprint density at radius 2 is 1.86 bits per heavy atom. The molecule has 4 nitrogen and oxygen atoms in total. The van der Waals surface area contributed by atoms with Crippen LogP contribution in [0.5, 0.6) is 0 Å². The number of benzene rings is 1. The molecule has 1 aliphatic heterocycles. The van der Waals surface area contributed by atoms with Crippen molar-refractivity contribution in [2.45, 2.75) is 25.4 Å².